The third kappa shape index (κ3) is 2.61. The summed E-state index contributed by atoms with van der Waals surface area (Å²) in [6, 6.07) is 12.2. The lowest BCUT2D eigenvalue weighted by atomic mass is 10.1. The minimum absolute atomic E-state index is 0.749. The quantitative estimate of drug-likeness (QED) is 0.779. The molecule has 3 rings (SSSR count). The molecule has 19 heavy (non-hydrogen) atoms. The number of imidazole rings is 1. The van der Waals surface area contributed by atoms with Crippen LogP contribution >= 0.6 is 15.9 Å². The highest BCUT2D eigenvalue weighted by atomic mass is 79.9. The Bertz CT molecular complexity index is 703. The van der Waals surface area contributed by atoms with Crippen molar-refractivity contribution in [3.63, 3.8) is 0 Å². The van der Waals surface area contributed by atoms with Gasteiger partial charge in [0, 0.05) is 17.9 Å². The third-order valence-electron chi connectivity index (χ3n) is 2.94. The predicted octanol–water partition coefficient (Wildman–Crippen LogP) is 3.35. The molecule has 0 radical (unpaired) electrons. The third-order valence-corrected chi connectivity index (χ3v) is 3.46. The Hall–Kier alpha value is -1.88. The number of nitrogens with zero attached hydrogens (tertiary/aromatic N) is 2. The van der Waals surface area contributed by atoms with Crippen LogP contribution in [0.15, 0.2) is 40.9 Å². The number of halogens is 1. The summed E-state index contributed by atoms with van der Waals surface area (Å²) >= 11 is 3.43. The summed E-state index contributed by atoms with van der Waals surface area (Å²) in [4.78, 5) is 12.2. The molecule has 2 heterocycles. The molecular formula is C14H13BrN4. The first-order valence-electron chi connectivity index (χ1n) is 6.02. The normalized spacial score (nSPS) is 10.8. The van der Waals surface area contributed by atoms with Crippen molar-refractivity contribution in [1.29, 1.82) is 0 Å². The maximum absolute atomic E-state index is 4.52. The van der Waals surface area contributed by atoms with Crippen LogP contribution in [-0.4, -0.2) is 22.0 Å². The van der Waals surface area contributed by atoms with E-state index in [1.54, 1.807) is 0 Å². The molecule has 0 atom stereocenters. The fourth-order valence-corrected chi connectivity index (χ4v) is 2.23. The van der Waals surface area contributed by atoms with Gasteiger partial charge in [0.1, 0.15) is 11.6 Å². The number of H-pyrrole nitrogens is 1. The van der Waals surface area contributed by atoms with Gasteiger partial charge in [0.25, 0.3) is 0 Å². The number of fused-ring (bicyclic) bond motifs is 1. The highest BCUT2D eigenvalue weighted by molar-refractivity contribution is 9.10. The number of rotatable bonds is 3. The van der Waals surface area contributed by atoms with E-state index in [9.17, 15) is 0 Å². The standard InChI is InChI=1S/C14H13BrN4/c1-16-12-7-6-11-14(18-12)19-13(17-11)8-9-2-4-10(15)5-3-9/h2-7H,8H2,1H3,(H2,16,17,18,19). The molecule has 0 amide bonds. The van der Waals surface area contributed by atoms with Gasteiger partial charge in [0.15, 0.2) is 5.65 Å². The van der Waals surface area contributed by atoms with Crippen LogP contribution in [0.4, 0.5) is 5.82 Å². The van der Waals surface area contributed by atoms with E-state index in [1.807, 2.05) is 31.3 Å². The van der Waals surface area contributed by atoms with Crippen molar-refractivity contribution < 1.29 is 0 Å². The smallest absolute Gasteiger partial charge is 0.179 e. The van der Waals surface area contributed by atoms with Gasteiger partial charge in [-0.05, 0) is 29.8 Å². The maximum Gasteiger partial charge on any atom is 0.179 e. The van der Waals surface area contributed by atoms with Crippen LogP contribution in [0.1, 0.15) is 11.4 Å². The van der Waals surface area contributed by atoms with Crippen molar-refractivity contribution in [2.75, 3.05) is 12.4 Å². The van der Waals surface area contributed by atoms with Crippen LogP contribution in [0.2, 0.25) is 0 Å². The van der Waals surface area contributed by atoms with Gasteiger partial charge in [-0.2, -0.15) is 0 Å². The highest BCUT2D eigenvalue weighted by Crippen LogP contribution is 2.16. The number of aromatic amines is 1. The molecule has 0 aliphatic rings. The zero-order valence-corrected chi connectivity index (χ0v) is 12.0. The van der Waals surface area contributed by atoms with Crippen molar-refractivity contribution >= 4 is 32.9 Å². The summed E-state index contributed by atoms with van der Waals surface area (Å²) in [6.07, 6.45) is 0.776. The predicted molar refractivity (Wildman–Crippen MR) is 80.4 cm³/mol. The van der Waals surface area contributed by atoms with E-state index in [2.05, 4.69) is 48.3 Å². The van der Waals surface area contributed by atoms with E-state index in [-0.39, 0.29) is 0 Å². The Morgan fingerprint density at radius 3 is 2.63 bits per heavy atom. The van der Waals surface area contributed by atoms with E-state index in [0.717, 1.165) is 33.7 Å². The molecule has 0 saturated heterocycles. The van der Waals surface area contributed by atoms with Gasteiger partial charge in [0.2, 0.25) is 0 Å². The summed E-state index contributed by atoms with van der Waals surface area (Å²) < 4.78 is 1.08. The van der Waals surface area contributed by atoms with Crippen LogP contribution in [0, 0.1) is 0 Å². The van der Waals surface area contributed by atoms with Gasteiger partial charge in [0.05, 0.1) is 5.52 Å². The summed E-state index contributed by atoms with van der Waals surface area (Å²) in [5.74, 6) is 1.76. The lowest BCUT2D eigenvalue weighted by Gasteiger charge is -1.97. The Morgan fingerprint density at radius 1 is 1.11 bits per heavy atom. The second-order valence-electron chi connectivity index (χ2n) is 4.30. The van der Waals surface area contributed by atoms with Crippen LogP contribution in [0.3, 0.4) is 0 Å². The van der Waals surface area contributed by atoms with Gasteiger partial charge in [-0.1, -0.05) is 28.1 Å². The molecular weight excluding hydrogens is 304 g/mol. The van der Waals surface area contributed by atoms with Crippen molar-refractivity contribution in [3.05, 3.63) is 52.3 Å². The van der Waals surface area contributed by atoms with Crippen molar-refractivity contribution in [2.45, 2.75) is 6.42 Å². The number of aromatic nitrogens is 3. The second kappa shape index (κ2) is 5.01. The molecule has 4 nitrogen and oxygen atoms in total. The number of hydrogen-bond acceptors (Lipinski definition) is 3. The van der Waals surface area contributed by atoms with Crippen molar-refractivity contribution in [1.82, 2.24) is 15.0 Å². The molecule has 3 aromatic rings. The second-order valence-corrected chi connectivity index (χ2v) is 5.22. The Kier molecular flexibility index (Phi) is 3.21. The van der Waals surface area contributed by atoms with E-state index >= 15 is 0 Å². The van der Waals surface area contributed by atoms with Gasteiger partial charge in [-0.25, -0.2) is 9.97 Å². The Balaban J connectivity index is 1.90. The van der Waals surface area contributed by atoms with E-state index < -0.39 is 0 Å². The molecule has 0 aliphatic heterocycles. The fourth-order valence-electron chi connectivity index (χ4n) is 1.96. The first-order valence-corrected chi connectivity index (χ1v) is 6.82. The molecule has 0 unspecified atom stereocenters. The summed E-state index contributed by atoms with van der Waals surface area (Å²) in [7, 11) is 1.85. The molecule has 5 heteroatoms. The molecule has 0 spiro atoms. The average Bonchev–Trinajstić information content (AvgIpc) is 2.82. The molecule has 1 aromatic carbocycles. The van der Waals surface area contributed by atoms with Crippen LogP contribution in [0.25, 0.3) is 11.2 Å². The molecule has 2 aromatic heterocycles. The SMILES string of the molecule is CNc1ccc2[nH]c(Cc3ccc(Br)cc3)nc2n1. The Labute approximate surface area is 119 Å². The average molecular weight is 317 g/mol. The minimum Gasteiger partial charge on any atom is -0.373 e. The van der Waals surface area contributed by atoms with E-state index in [0.29, 0.717) is 0 Å². The van der Waals surface area contributed by atoms with E-state index in [4.69, 9.17) is 0 Å². The molecule has 0 saturated carbocycles. The maximum atomic E-state index is 4.52. The lowest BCUT2D eigenvalue weighted by molar-refractivity contribution is 1.03. The molecule has 96 valence electrons. The monoisotopic (exact) mass is 316 g/mol. The van der Waals surface area contributed by atoms with Crippen molar-refractivity contribution in [2.24, 2.45) is 0 Å². The zero-order valence-electron chi connectivity index (χ0n) is 10.4. The first-order chi connectivity index (χ1) is 9.24. The largest absolute Gasteiger partial charge is 0.373 e. The number of benzene rings is 1. The molecule has 0 bridgehead atoms. The van der Waals surface area contributed by atoms with Crippen LogP contribution < -0.4 is 5.32 Å². The Morgan fingerprint density at radius 2 is 1.89 bits per heavy atom. The van der Waals surface area contributed by atoms with Crippen LogP contribution in [-0.2, 0) is 6.42 Å². The van der Waals surface area contributed by atoms with Gasteiger partial charge in [-0.15, -0.1) is 0 Å². The fraction of sp³-hybridized carbons (Fsp3) is 0.143. The number of anilines is 1. The van der Waals surface area contributed by atoms with Gasteiger partial charge < -0.3 is 10.3 Å². The first kappa shape index (κ1) is 12.2. The number of pyridine rings is 1. The topological polar surface area (TPSA) is 53.6 Å². The number of nitrogens with one attached hydrogen (secondary N) is 2. The molecule has 0 fully saturated rings. The molecule has 2 N–H and O–H groups in total. The van der Waals surface area contributed by atoms with Crippen LogP contribution in [0.5, 0.6) is 0 Å². The lowest BCUT2D eigenvalue weighted by Crippen LogP contribution is -1.91. The summed E-state index contributed by atoms with van der Waals surface area (Å²) in [5, 5.41) is 3.01. The minimum atomic E-state index is 0.749. The van der Waals surface area contributed by atoms with Gasteiger partial charge in [-0.3, -0.25) is 0 Å². The van der Waals surface area contributed by atoms with Crippen molar-refractivity contribution in [3.8, 4) is 0 Å². The van der Waals surface area contributed by atoms with E-state index in [1.165, 1.54) is 5.56 Å². The number of hydrogen-bond donors (Lipinski definition) is 2. The van der Waals surface area contributed by atoms with Gasteiger partial charge >= 0.3 is 0 Å². The highest BCUT2D eigenvalue weighted by Gasteiger charge is 2.05. The summed E-state index contributed by atoms with van der Waals surface area (Å²) in [6.45, 7) is 0. The molecule has 0 aliphatic carbocycles. The summed E-state index contributed by atoms with van der Waals surface area (Å²) in [5.41, 5.74) is 2.93. The zero-order chi connectivity index (χ0) is 13.2.